The van der Waals surface area contributed by atoms with Gasteiger partial charge in [0.2, 0.25) is 0 Å². The van der Waals surface area contributed by atoms with Gasteiger partial charge in [0.15, 0.2) is 5.52 Å². The fraction of sp³-hybridized carbons (Fsp3) is 0.263. The molecule has 0 spiro atoms. The molecule has 0 amide bonds. The van der Waals surface area contributed by atoms with E-state index in [1.54, 1.807) is 0 Å². The fourth-order valence-electron chi connectivity index (χ4n) is 2.97. The monoisotopic (exact) mass is 277 g/mol. The van der Waals surface area contributed by atoms with Crippen molar-refractivity contribution >= 4 is 10.9 Å². The molecule has 0 unspecified atom stereocenters. The van der Waals surface area contributed by atoms with Gasteiger partial charge in [-0.2, -0.15) is 0 Å². The van der Waals surface area contributed by atoms with Crippen LogP contribution in [0.3, 0.4) is 0 Å². The predicted molar refractivity (Wildman–Crippen MR) is 87.3 cm³/mol. The lowest BCUT2D eigenvalue weighted by molar-refractivity contribution is -0.662. The average molecular weight is 277 g/mol. The van der Waals surface area contributed by atoms with Crippen molar-refractivity contribution < 1.29 is 4.57 Å². The zero-order chi connectivity index (χ0) is 15.1. The molecule has 0 radical (unpaired) electrons. The molecule has 0 fully saturated rings. The third-order valence-corrected chi connectivity index (χ3v) is 4.20. The number of benzene rings is 2. The molecule has 1 aromatic heterocycles. The minimum Gasteiger partial charge on any atom is -0.232 e. The highest BCUT2D eigenvalue weighted by atomic mass is 15.0. The van der Waals surface area contributed by atoms with E-state index >= 15 is 0 Å². The lowest BCUT2D eigenvalue weighted by Gasteiger charge is -2.12. The van der Waals surface area contributed by atoms with E-state index in [-0.39, 0.29) is 0 Å². The van der Waals surface area contributed by atoms with Crippen molar-refractivity contribution in [3.8, 4) is 11.3 Å². The van der Waals surface area contributed by atoms with Gasteiger partial charge in [-0.25, -0.2) is 4.57 Å². The summed E-state index contributed by atoms with van der Waals surface area (Å²) < 4.78 is 2.13. The molecule has 2 nitrogen and oxygen atoms in total. The Morgan fingerprint density at radius 3 is 2.43 bits per heavy atom. The maximum atomic E-state index is 4.55. The van der Waals surface area contributed by atoms with Crippen molar-refractivity contribution in [2.45, 2.75) is 27.7 Å². The van der Waals surface area contributed by atoms with Crippen LogP contribution in [0.1, 0.15) is 22.3 Å². The minimum atomic E-state index is 1.05. The SMILES string of the molecule is Cc1cc(C)c(C)c(-c2c3cc(C)ccc3nc[n+]2C)c1. The molecule has 0 saturated heterocycles. The highest BCUT2D eigenvalue weighted by molar-refractivity contribution is 5.92. The van der Waals surface area contributed by atoms with Gasteiger partial charge in [0.25, 0.3) is 6.33 Å². The predicted octanol–water partition coefficient (Wildman–Crippen LogP) is 3.96. The van der Waals surface area contributed by atoms with Gasteiger partial charge in [-0.3, -0.25) is 0 Å². The molecule has 3 aromatic rings. The molecule has 3 rings (SSSR count). The summed E-state index contributed by atoms with van der Waals surface area (Å²) in [6, 6.07) is 11.0. The summed E-state index contributed by atoms with van der Waals surface area (Å²) >= 11 is 0. The van der Waals surface area contributed by atoms with E-state index < -0.39 is 0 Å². The second-order valence-corrected chi connectivity index (χ2v) is 5.98. The lowest BCUT2D eigenvalue weighted by Crippen LogP contribution is -2.32. The Bertz CT molecular complexity index is 843. The number of hydrogen-bond acceptors (Lipinski definition) is 1. The van der Waals surface area contributed by atoms with Gasteiger partial charge in [-0.15, -0.1) is 0 Å². The molecule has 0 aliphatic heterocycles. The van der Waals surface area contributed by atoms with Gasteiger partial charge in [0.05, 0.1) is 12.4 Å². The fourth-order valence-corrected chi connectivity index (χ4v) is 2.97. The second-order valence-electron chi connectivity index (χ2n) is 5.98. The number of aromatic nitrogens is 2. The van der Waals surface area contributed by atoms with Crippen molar-refractivity contribution in [2.75, 3.05) is 0 Å². The van der Waals surface area contributed by atoms with E-state index in [1.165, 1.54) is 38.9 Å². The number of rotatable bonds is 1. The second kappa shape index (κ2) is 4.96. The highest BCUT2D eigenvalue weighted by Crippen LogP contribution is 2.30. The molecule has 0 aliphatic carbocycles. The van der Waals surface area contributed by atoms with Crippen LogP contribution in [0.2, 0.25) is 0 Å². The molecule has 1 heterocycles. The molecule has 2 heteroatoms. The first-order valence-corrected chi connectivity index (χ1v) is 7.30. The topological polar surface area (TPSA) is 16.8 Å². The average Bonchev–Trinajstić information content (AvgIpc) is 2.43. The molecular weight excluding hydrogens is 256 g/mol. The molecule has 0 atom stereocenters. The van der Waals surface area contributed by atoms with E-state index in [1.807, 2.05) is 6.33 Å². The maximum absolute atomic E-state index is 4.55. The van der Waals surface area contributed by atoms with Gasteiger partial charge in [-0.05, 0) is 62.0 Å². The minimum absolute atomic E-state index is 1.05. The third-order valence-electron chi connectivity index (χ3n) is 4.20. The van der Waals surface area contributed by atoms with E-state index in [0.717, 1.165) is 5.52 Å². The van der Waals surface area contributed by atoms with Gasteiger partial charge in [-0.1, -0.05) is 23.3 Å². The molecule has 106 valence electrons. The third kappa shape index (κ3) is 2.31. The molecule has 2 aromatic carbocycles. The van der Waals surface area contributed by atoms with Crippen LogP contribution in [0.4, 0.5) is 0 Å². The summed E-state index contributed by atoms with van der Waals surface area (Å²) in [5.74, 6) is 0. The van der Waals surface area contributed by atoms with Gasteiger partial charge in [0, 0.05) is 5.56 Å². The summed E-state index contributed by atoms with van der Waals surface area (Å²) in [7, 11) is 2.07. The molecule has 0 aliphatic rings. The zero-order valence-electron chi connectivity index (χ0n) is 13.4. The molecule has 0 saturated carbocycles. The van der Waals surface area contributed by atoms with Gasteiger partial charge >= 0.3 is 0 Å². The zero-order valence-corrected chi connectivity index (χ0v) is 13.4. The first-order valence-electron chi connectivity index (χ1n) is 7.30. The van der Waals surface area contributed by atoms with Gasteiger partial charge < -0.3 is 0 Å². The van der Waals surface area contributed by atoms with Crippen LogP contribution < -0.4 is 4.57 Å². The molecular formula is C19H21N2+. The number of fused-ring (bicyclic) bond motifs is 1. The Morgan fingerprint density at radius 1 is 0.905 bits per heavy atom. The standard InChI is InChI=1S/C19H21N2/c1-12-6-7-18-17(9-12)19(21(5)11-20-18)16-10-13(2)8-14(3)15(16)4/h6-11H,1-5H3/q+1. The van der Waals surface area contributed by atoms with E-state index in [0.29, 0.717) is 0 Å². The van der Waals surface area contributed by atoms with Crippen LogP contribution in [0.25, 0.3) is 22.2 Å². The van der Waals surface area contributed by atoms with Crippen LogP contribution in [0, 0.1) is 27.7 Å². The Kier molecular flexibility index (Phi) is 3.25. The van der Waals surface area contributed by atoms with Crippen LogP contribution in [-0.4, -0.2) is 4.98 Å². The Labute approximate surface area is 126 Å². The summed E-state index contributed by atoms with van der Waals surface area (Å²) in [5, 5.41) is 1.22. The van der Waals surface area contributed by atoms with E-state index in [9.17, 15) is 0 Å². The lowest BCUT2D eigenvalue weighted by atomic mass is 9.95. The van der Waals surface area contributed by atoms with E-state index in [4.69, 9.17) is 0 Å². The summed E-state index contributed by atoms with van der Waals surface area (Å²) in [5.41, 5.74) is 8.82. The van der Waals surface area contributed by atoms with Gasteiger partial charge in [0.1, 0.15) is 5.69 Å². The first-order chi connectivity index (χ1) is 9.97. The van der Waals surface area contributed by atoms with Crippen molar-refractivity contribution in [3.63, 3.8) is 0 Å². The van der Waals surface area contributed by atoms with Crippen LogP contribution in [0.5, 0.6) is 0 Å². The Balaban J connectivity index is 2.45. The van der Waals surface area contributed by atoms with Crippen molar-refractivity contribution in [1.29, 1.82) is 0 Å². The van der Waals surface area contributed by atoms with Crippen LogP contribution in [0.15, 0.2) is 36.7 Å². The number of nitrogens with zero attached hydrogens (tertiary/aromatic N) is 2. The Hall–Kier alpha value is -2.22. The van der Waals surface area contributed by atoms with Crippen molar-refractivity contribution in [2.24, 2.45) is 7.05 Å². The largest absolute Gasteiger partial charge is 0.287 e. The summed E-state index contributed by atoms with van der Waals surface area (Å²) in [6.45, 7) is 8.67. The number of hydrogen-bond donors (Lipinski definition) is 0. The Morgan fingerprint density at radius 2 is 1.67 bits per heavy atom. The molecule has 21 heavy (non-hydrogen) atoms. The van der Waals surface area contributed by atoms with Crippen molar-refractivity contribution in [3.05, 3.63) is 58.9 Å². The van der Waals surface area contributed by atoms with Crippen LogP contribution >= 0.6 is 0 Å². The molecule has 0 N–H and O–H groups in total. The quantitative estimate of drug-likeness (QED) is 0.615. The van der Waals surface area contributed by atoms with Crippen molar-refractivity contribution in [1.82, 2.24) is 4.98 Å². The normalized spacial score (nSPS) is 11.1. The number of aryl methyl sites for hydroxylation is 4. The first kappa shape index (κ1) is 13.7. The molecule has 0 bridgehead atoms. The highest BCUT2D eigenvalue weighted by Gasteiger charge is 2.17. The summed E-state index contributed by atoms with van der Waals surface area (Å²) in [6.07, 6.45) is 1.91. The smallest absolute Gasteiger partial charge is 0.232 e. The van der Waals surface area contributed by atoms with Crippen LogP contribution in [-0.2, 0) is 7.05 Å². The maximum Gasteiger partial charge on any atom is 0.287 e. The van der Waals surface area contributed by atoms with E-state index in [2.05, 4.69) is 74.6 Å². The summed E-state index contributed by atoms with van der Waals surface area (Å²) in [4.78, 5) is 4.55.